The molecule has 0 spiro atoms. The van der Waals surface area contributed by atoms with Crippen LogP contribution in [-0.2, 0) is 16.1 Å². The first kappa shape index (κ1) is 21.5. The highest BCUT2D eigenvalue weighted by atomic mass is 35.5. The zero-order valence-electron chi connectivity index (χ0n) is 16.8. The van der Waals surface area contributed by atoms with Crippen molar-refractivity contribution in [1.82, 2.24) is 9.78 Å². The zero-order chi connectivity index (χ0) is 21.8. The van der Waals surface area contributed by atoms with Crippen LogP contribution in [0.25, 0.3) is 0 Å². The van der Waals surface area contributed by atoms with Gasteiger partial charge in [-0.2, -0.15) is 5.10 Å². The number of benzene rings is 2. The first-order valence-corrected chi connectivity index (χ1v) is 9.68. The van der Waals surface area contributed by atoms with Gasteiger partial charge in [-0.3, -0.25) is 4.79 Å². The van der Waals surface area contributed by atoms with Crippen LogP contribution in [-0.4, -0.2) is 27.8 Å². The maximum atomic E-state index is 13.0. The van der Waals surface area contributed by atoms with Crippen molar-refractivity contribution in [2.45, 2.75) is 33.4 Å². The smallest absolute Gasteiger partial charge is 0.343 e. The predicted molar refractivity (Wildman–Crippen MR) is 112 cm³/mol. The highest BCUT2D eigenvalue weighted by Crippen LogP contribution is 2.23. The number of ether oxygens (including phenoxy) is 1. The van der Waals surface area contributed by atoms with E-state index in [1.165, 1.54) is 35.9 Å². The van der Waals surface area contributed by atoms with Gasteiger partial charge in [-0.25, -0.2) is 13.9 Å². The second-order valence-corrected chi connectivity index (χ2v) is 7.30. The summed E-state index contributed by atoms with van der Waals surface area (Å²) in [4.78, 5) is 24.9. The lowest BCUT2D eigenvalue weighted by Gasteiger charge is -2.13. The van der Waals surface area contributed by atoms with Crippen LogP contribution in [0.4, 0.5) is 10.1 Å². The topological polar surface area (TPSA) is 73.2 Å². The molecule has 1 amide bonds. The second kappa shape index (κ2) is 9.09. The first-order valence-electron chi connectivity index (χ1n) is 9.30. The van der Waals surface area contributed by atoms with E-state index in [-0.39, 0.29) is 10.7 Å². The summed E-state index contributed by atoms with van der Waals surface area (Å²) < 4.78 is 19.8. The fourth-order valence-corrected chi connectivity index (χ4v) is 3.12. The van der Waals surface area contributed by atoms with E-state index >= 15 is 0 Å². The summed E-state index contributed by atoms with van der Waals surface area (Å²) >= 11 is 6.38. The van der Waals surface area contributed by atoms with Gasteiger partial charge in [-0.15, -0.1) is 0 Å². The van der Waals surface area contributed by atoms with E-state index in [0.29, 0.717) is 17.9 Å². The SMILES string of the molecule is Cc1ccc(Cn2nc(C)c(C(=O)OC(C)C(=O)Nc3ccc(F)cc3)c2Cl)cc1. The summed E-state index contributed by atoms with van der Waals surface area (Å²) in [5, 5.41) is 7.03. The Morgan fingerprint density at radius 2 is 1.77 bits per heavy atom. The van der Waals surface area contributed by atoms with Gasteiger partial charge in [-0.05, 0) is 50.6 Å². The van der Waals surface area contributed by atoms with Gasteiger partial charge in [0, 0.05) is 5.69 Å². The molecule has 0 aliphatic heterocycles. The lowest BCUT2D eigenvalue weighted by molar-refractivity contribution is -0.123. The molecule has 0 saturated carbocycles. The van der Waals surface area contributed by atoms with E-state index in [2.05, 4.69) is 10.4 Å². The lowest BCUT2D eigenvalue weighted by atomic mass is 10.1. The van der Waals surface area contributed by atoms with E-state index < -0.39 is 23.8 Å². The van der Waals surface area contributed by atoms with Crippen molar-refractivity contribution in [3.05, 3.63) is 81.9 Å². The molecule has 1 aromatic heterocycles. The van der Waals surface area contributed by atoms with Crippen LogP contribution >= 0.6 is 11.6 Å². The maximum Gasteiger partial charge on any atom is 0.343 e. The highest BCUT2D eigenvalue weighted by molar-refractivity contribution is 6.32. The molecule has 0 bridgehead atoms. The molecule has 3 aromatic rings. The normalized spacial score (nSPS) is 11.8. The van der Waals surface area contributed by atoms with E-state index in [0.717, 1.165) is 11.1 Å². The van der Waals surface area contributed by atoms with Gasteiger partial charge in [0.2, 0.25) is 0 Å². The quantitative estimate of drug-likeness (QED) is 0.584. The van der Waals surface area contributed by atoms with Crippen molar-refractivity contribution in [2.75, 3.05) is 5.32 Å². The Morgan fingerprint density at radius 1 is 1.13 bits per heavy atom. The summed E-state index contributed by atoms with van der Waals surface area (Å²) in [6.07, 6.45) is -1.08. The summed E-state index contributed by atoms with van der Waals surface area (Å²) in [5.41, 5.74) is 3.04. The van der Waals surface area contributed by atoms with Gasteiger partial charge in [0.15, 0.2) is 6.10 Å². The zero-order valence-corrected chi connectivity index (χ0v) is 17.5. The number of hydrogen-bond acceptors (Lipinski definition) is 4. The number of carbonyl (C=O) groups is 2. The van der Waals surface area contributed by atoms with Crippen molar-refractivity contribution < 1.29 is 18.7 Å². The van der Waals surface area contributed by atoms with Crippen LogP contribution in [0.1, 0.15) is 34.1 Å². The van der Waals surface area contributed by atoms with Crippen molar-refractivity contribution in [2.24, 2.45) is 0 Å². The summed E-state index contributed by atoms with van der Waals surface area (Å²) in [7, 11) is 0. The Kier molecular flexibility index (Phi) is 6.52. The number of halogens is 2. The number of carbonyl (C=O) groups excluding carboxylic acids is 2. The van der Waals surface area contributed by atoms with Crippen LogP contribution in [0, 0.1) is 19.7 Å². The molecule has 1 unspecified atom stereocenters. The summed E-state index contributed by atoms with van der Waals surface area (Å²) in [5.74, 6) is -1.70. The third-order valence-electron chi connectivity index (χ3n) is 4.49. The minimum atomic E-state index is -1.08. The van der Waals surface area contributed by atoms with Crippen molar-refractivity contribution in [3.63, 3.8) is 0 Å². The Hall–Kier alpha value is -3.19. The van der Waals surface area contributed by atoms with E-state index in [1.807, 2.05) is 31.2 Å². The molecule has 0 radical (unpaired) electrons. The fourth-order valence-electron chi connectivity index (χ4n) is 2.81. The van der Waals surface area contributed by atoms with Gasteiger partial charge in [0.05, 0.1) is 12.2 Å². The molecule has 0 aliphatic rings. The number of amides is 1. The van der Waals surface area contributed by atoms with Gasteiger partial charge < -0.3 is 10.1 Å². The van der Waals surface area contributed by atoms with Crippen LogP contribution in [0.15, 0.2) is 48.5 Å². The van der Waals surface area contributed by atoms with Gasteiger partial charge in [0.25, 0.3) is 5.91 Å². The molecule has 1 atom stereocenters. The molecule has 30 heavy (non-hydrogen) atoms. The Bertz CT molecular complexity index is 1060. The summed E-state index contributed by atoms with van der Waals surface area (Å²) in [6, 6.07) is 13.2. The molecule has 3 rings (SSSR count). The monoisotopic (exact) mass is 429 g/mol. The minimum absolute atomic E-state index is 0.116. The molecule has 156 valence electrons. The van der Waals surface area contributed by atoms with E-state index in [9.17, 15) is 14.0 Å². The molecular weight excluding hydrogens is 409 g/mol. The molecule has 8 heteroatoms. The molecule has 1 N–H and O–H groups in total. The van der Waals surface area contributed by atoms with E-state index in [1.54, 1.807) is 6.92 Å². The van der Waals surface area contributed by atoms with Crippen molar-refractivity contribution in [1.29, 1.82) is 0 Å². The van der Waals surface area contributed by atoms with Crippen LogP contribution in [0.5, 0.6) is 0 Å². The molecule has 0 fully saturated rings. The van der Waals surface area contributed by atoms with Gasteiger partial charge >= 0.3 is 5.97 Å². The largest absolute Gasteiger partial charge is 0.449 e. The number of nitrogens with one attached hydrogen (secondary N) is 1. The Labute approximate surface area is 178 Å². The number of nitrogens with zero attached hydrogens (tertiary/aromatic N) is 2. The average Bonchev–Trinajstić information content (AvgIpc) is 2.98. The molecule has 2 aromatic carbocycles. The molecule has 0 saturated heterocycles. The van der Waals surface area contributed by atoms with Crippen LogP contribution in [0.3, 0.4) is 0 Å². The molecule has 0 aliphatic carbocycles. The Morgan fingerprint density at radius 3 is 2.40 bits per heavy atom. The number of rotatable bonds is 6. The van der Waals surface area contributed by atoms with Crippen molar-refractivity contribution >= 4 is 29.2 Å². The number of hydrogen-bond donors (Lipinski definition) is 1. The summed E-state index contributed by atoms with van der Waals surface area (Å²) in [6.45, 7) is 5.48. The fraction of sp³-hybridized carbons (Fsp3) is 0.227. The number of esters is 1. The molecule has 1 heterocycles. The standard InChI is InChI=1S/C22H21ClFN3O3/c1-13-4-6-16(7-5-13)12-27-20(23)19(14(2)26-27)22(29)30-15(3)21(28)25-18-10-8-17(24)9-11-18/h4-11,15H,12H2,1-3H3,(H,25,28). The molecular formula is C22H21ClFN3O3. The highest BCUT2D eigenvalue weighted by Gasteiger charge is 2.26. The third-order valence-corrected chi connectivity index (χ3v) is 4.87. The molecule has 6 nitrogen and oxygen atoms in total. The van der Waals surface area contributed by atoms with Crippen LogP contribution in [0.2, 0.25) is 5.15 Å². The van der Waals surface area contributed by atoms with Gasteiger partial charge in [-0.1, -0.05) is 41.4 Å². The average molecular weight is 430 g/mol. The first-order chi connectivity index (χ1) is 14.2. The lowest BCUT2D eigenvalue weighted by Crippen LogP contribution is -2.30. The van der Waals surface area contributed by atoms with Crippen LogP contribution < -0.4 is 5.32 Å². The Balaban J connectivity index is 1.68. The number of anilines is 1. The van der Waals surface area contributed by atoms with E-state index in [4.69, 9.17) is 16.3 Å². The van der Waals surface area contributed by atoms with Gasteiger partial charge in [0.1, 0.15) is 16.5 Å². The maximum absolute atomic E-state index is 13.0. The number of aryl methyl sites for hydroxylation is 2. The second-order valence-electron chi connectivity index (χ2n) is 6.94. The third kappa shape index (κ3) is 5.04. The minimum Gasteiger partial charge on any atom is -0.449 e. The number of aromatic nitrogens is 2. The van der Waals surface area contributed by atoms with Crippen molar-refractivity contribution in [3.8, 4) is 0 Å². The predicted octanol–water partition coefficient (Wildman–Crippen LogP) is 4.52.